The van der Waals surface area contributed by atoms with E-state index in [2.05, 4.69) is 5.32 Å². The molecule has 1 aromatic carbocycles. The summed E-state index contributed by atoms with van der Waals surface area (Å²) < 4.78 is 30.3. The van der Waals surface area contributed by atoms with Crippen LogP contribution in [0.4, 0.5) is 9.18 Å². The number of pyridine rings is 1. The minimum absolute atomic E-state index is 0.0339. The van der Waals surface area contributed by atoms with Crippen molar-refractivity contribution in [3.05, 3.63) is 40.2 Å². The Kier molecular flexibility index (Phi) is 8.86. The van der Waals surface area contributed by atoms with E-state index in [0.29, 0.717) is 23.1 Å². The number of alkyl halides is 1. The number of fused-ring (bicyclic) bond motifs is 1. The van der Waals surface area contributed by atoms with Gasteiger partial charge in [0.15, 0.2) is 6.23 Å². The molecule has 32 heavy (non-hydrogen) atoms. The number of alkyl carbamates (subject to hydrolysis) is 1. The van der Waals surface area contributed by atoms with Gasteiger partial charge in [-0.1, -0.05) is 6.92 Å². The Hall–Kier alpha value is -3.30. The summed E-state index contributed by atoms with van der Waals surface area (Å²) >= 11 is 0. The van der Waals surface area contributed by atoms with Crippen molar-refractivity contribution in [2.45, 2.75) is 46.0 Å². The van der Waals surface area contributed by atoms with E-state index in [1.807, 2.05) is 6.92 Å². The first-order valence-corrected chi connectivity index (χ1v) is 10.5. The molecule has 0 fully saturated rings. The van der Waals surface area contributed by atoms with Crippen molar-refractivity contribution in [3.63, 3.8) is 0 Å². The third-order valence-corrected chi connectivity index (χ3v) is 4.56. The molecule has 1 aromatic heterocycles. The summed E-state index contributed by atoms with van der Waals surface area (Å²) in [7, 11) is 3.52. The van der Waals surface area contributed by atoms with E-state index in [-0.39, 0.29) is 25.2 Å². The predicted octanol–water partition coefficient (Wildman–Crippen LogP) is 2.97. The quantitative estimate of drug-likeness (QED) is 0.438. The molecule has 0 spiro atoms. The molecule has 0 aliphatic carbocycles. The summed E-state index contributed by atoms with van der Waals surface area (Å²) in [4.78, 5) is 36.9. The predicted molar refractivity (Wildman–Crippen MR) is 119 cm³/mol. The van der Waals surface area contributed by atoms with Gasteiger partial charge in [0.1, 0.15) is 17.5 Å². The van der Waals surface area contributed by atoms with Crippen LogP contribution in [0.2, 0.25) is 0 Å². The number of nitrogens with one attached hydrogen (secondary N) is 1. The number of hydrogen-bond acceptors (Lipinski definition) is 7. The van der Waals surface area contributed by atoms with Crippen LogP contribution in [0.25, 0.3) is 10.9 Å². The molecule has 9 nitrogen and oxygen atoms in total. The molecular formula is C22H30FN3O6. The smallest absolute Gasteiger partial charge is 0.409 e. The summed E-state index contributed by atoms with van der Waals surface area (Å²) in [5, 5.41) is 4.60. The Morgan fingerprint density at radius 1 is 1.22 bits per heavy atom. The first-order chi connectivity index (χ1) is 15.2. The van der Waals surface area contributed by atoms with E-state index >= 15 is 0 Å². The van der Waals surface area contributed by atoms with Crippen LogP contribution in [0.1, 0.15) is 44.0 Å². The van der Waals surface area contributed by atoms with Gasteiger partial charge in [0, 0.05) is 44.6 Å². The average molecular weight is 451 g/mol. The molecule has 0 radical (unpaired) electrons. The van der Waals surface area contributed by atoms with E-state index in [0.717, 1.165) is 0 Å². The van der Waals surface area contributed by atoms with E-state index < -0.39 is 29.9 Å². The second-order valence-corrected chi connectivity index (χ2v) is 7.33. The maximum absolute atomic E-state index is 12.8. The number of esters is 1. The summed E-state index contributed by atoms with van der Waals surface area (Å²) in [5.74, 6) is -0.285. The number of ether oxygens (including phenoxy) is 3. The molecule has 1 N–H and O–H groups in total. The Balaban J connectivity index is 2.29. The molecule has 2 rings (SSSR count). The van der Waals surface area contributed by atoms with Crippen LogP contribution in [-0.4, -0.2) is 56.4 Å². The Labute approximate surface area is 186 Å². The molecule has 2 atom stereocenters. The molecule has 0 aliphatic heterocycles. The highest BCUT2D eigenvalue weighted by molar-refractivity contribution is 5.94. The van der Waals surface area contributed by atoms with Crippen molar-refractivity contribution in [2.24, 2.45) is 0 Å². The zero-order chi connectivity index (χ0) is 23.8. The minimum Gasteiger partial charge on any atom is -0.471 e. The Morgan fingerprint density at radius 3 is 2.53 bits per heavy atom. The van der Waals surface area contributed by atoms with E-state index in [4.69, 9.17) is 14.2 Å². The number of carbonyl (C=O) groups is 2. The molecule has 0 saturated carbocycles. The standard InChI is InChI=1S/C22H30FN3O6/c1-6-19(24-22(29)31-11-10-14(3)23)32-15-8-9-16-18(12-15)26(25(4)5)13-17(20(16)27)21(28)30-7-2/h8-9,12-14,19H,6-7,10-11H2,1-5H3,(H,24,29). The number of rotatable bonds is 10. The van der Waals surface area contributed by atoms with Crippen LogP contribution in [0.3, 0.4) is 0 Å². The van der Waals surface area contributed by atoms with Crippen molar-refractivity contribution in [3.8, 4) is 5.75 Å². The zero-order valence-electron chi connectivity index (χ0n) is 19.0. The van der Waals surface area contributed by atoms with Crippen molar-refractivity contribution in [2.75, 3.05) is 32.3 Å². The molecule has 0 saturated heterocycles. The van der Waals surface area contributed by atoms with Gasteiger partial charge in [-0.2, -0.15) is 0 Å². The second kappa shape index (κ2) is 11.4. The number of nitrogens with zero attached hydrogens (tertiary/aromatic N) is 2. The fraction of sp³-hybridized carbons (Fsp3) is 0.500. The highest BCUT2D eigenvalue weighted by Crippen LogP contribution is 2.21. The summed E-state index contributed by atoms with van der Waals surface area (Å²) in [5.41, 5.74) is -0.000917. The average Bonchev–Trinajstić information content (AvgIpc) is 2.73. The lowest BCUT2D eigenvalue weighted by Crippen LogP contribution is -2.39. The van der Waals surface area contributed by atoms with Gasteiger partial charge in [-0.15, -0.1) is 0 Å². The van der Waals surface area contributed by atoms with Crippen molar-refractivity contribution in [1.29, 1.82) is 0 Å². The highest BCUT2D eigenvalue weighted by atomic mass is 19.1. The van der Waals surface area contributed by atoms with E-state index in [9.17, 15) is 18.8 Å². The molecule has 176 valence electrons. The number of aromatic nitrogens is 1. The van der Waals surface area contributed by atoms with Gasteiger partial charge in [0.25, 0.3) is 0 Å². The van der Waals surface area contributed by atoms with Gasteiger partial charge in [-0.05, 0) is 26.0 Å². The van der Waals surface area contributed by atoms with Gasteiger partial charge < -0.3 is 19.2 Å². The lowest BCUT2D eigenvalue weighted by molar-refractivity contribution is 0.0524. The maximum atomic E-state index is 12.8. The highest BCUT2D eigenvalue weighted by Gasteiger charge is 2.19. The minimum atomic E-state index is -1.06. The topological polar surface area (TPSA) is 99.1 Å². The van der Waals surface area contributed by atoms with Gasteiger partial charge in [0.2, 0.25) is 5.43 Å². The first kappa shape index (κ1) is 25.0. The Morgan fingerprint density at radius 2 is 1.94 bits per heavy atom. The van der Waals surface area contributed by atoms with Crippen LogP contribution in [-0.2, 0) is 9.47 Å². The second-order valence-electron chi connectivity index (χ2n) is 7.33. The van der Waals surface area contributed by atoms with Crippen LogP contribution < -0.4 is 20.5 Å². The maximum Gasteiger partial charge on any atom is 0.409 e. The largest absolute Gasteiger partial charge is 0.471 e. The van der Waals surface area contributed by atoms with Gasteiger partial charge in [0.05, 0.1) is 18.7 Å². The van der Waals surface area contributed by atoms with Crippen LogP contribution in [0.5, 0.6) is 5.75 Å². The monoisotopic (exact) mass is 451 g/mol. The molecule has 1 heterocycles. The first-order valence-electron chi connectivity index (χ1n) is 10.5. The third kappa shape index (κ3) is 6.35. The molecule has 1 amide bonds. The SMILES string of the molecule is CCOC(=O)c1cn(N(C)C)c2cc(OC(CC)NC(=O)OCCC(C)F)ccc2c1=O. The van der Waals surface area contributed by atoms with Crippen molar-refractivity contribution >= 4 is 23.0 Å². The van der Waals surface area contributed by atoms with Crippen LogP contribution in [0.15, 0.2) is 29.2 Å². The normalized spacial score (nSPS) is 12.7. The number of halogens is 1. The number of hydrogen-bond donors (Lipinski definition) is 1. The van der Waals surface area contributed by atoms with E-state index in [1.54, 1.807) is 48.9 Å². The number of amides is 1. The van der Waals surface area contributed by atoms with Crippen molar-refractivity contribution in [1.82, 2.24) is 9.99 Å². The summed E-state index contributed by atoms with van der Waals surface area (Å²) in [6.07, 6.45) is -0.480. The number of carbonyl (C=O) groups excluding carboxylic acids is 2. The van der Waals surface area contributed by atoms with Gasteiger partial charge in [-0.25, -0.2) is 14.0 Å². The fourth-order valence-corrected chi connectivity index (χ4v) is 2.91. The lowest BCUT2D eigenvalue weighted by Gasteiger charge is -2.22. The molecule has 0 aliphatic rings. The third-order valence-electron chi connectivity index (χ3n) is 4.56. The molecule has 2 unspecified atom stereocenters. The lowest BCUT2D eigenvalue weighted by atomic mass is 10.1. The van der Waals surface area contributed by atoms with E-state index in [1.165, 1.54) is 13.1 Å². The van der Waals surface area contributed by atoms with Crippen LogP contribution >= 0.6 is 0 Å². The van der Waals surface area contributed by atoms with Gasteiger partial charge in [-0.3, -0.25) is 14.8 Å². The fourth-order valence-electron chi connectivity index (χ4n) is 2.91. The molecule has 0 bridgehead atoms. The molecule has 10 heteroatoms. The summed E-state index contributed by atoms with van der Waals surface area (Å²) in [6.45, 7) is 5.00. The Bertz CT molecular complexity index is 1010. The van der Waals surface area contributed by atoms with Crippen molar-refractivity contribution < 1.29 is 28.2 Å². The molecule has 2 aromatic rings. The van der Waals surface area contributed by atoms with Gasteiger partial charge >= 0.3 is 12.1 Å². The summed E-state index contributed by atoms with van der Waals surface area (Å²) in [6, 6.07) is 4.79. The zero-order valence-corrected chi connectivity index (χ0v) is 19.0. The van der Waals surface area contributed by atoms with Crippen LogP contribution in [0, 0.1) is 0 Å². The molecular weight excluding hydrogens is 421 g/mol. The number of benzene rings is 1.